The van der Waals surface area contributed by atoms with Crippen molar-refractivity contribution in [1.29, 1.82) is 5.41 Å². The number of nitrogens with one attached hydrogen (secondary N) is 1. The van der Waals surface area contributed by atoms with E-state index in [2.05, 4.69) is 0 Å². The molecule has 0 aliphatic rings. The Morgan fingerprint density at radius 3 is 2.88 bits per heavy atom. The lowest BCUT2D eigenvalue weighted by molar-refractivity contribution is -0.141. The summed E-state index contributed by atoms with van der Waals surface area (Å²) in [5.41, 5.74) is 1.27. The molecule has 1 aromatic carbocycles. The van der Waals surface area contributed by atoms with Gasteiger partial charge in [-0.25, -0.2) is 0 Å². The highest BCUT2D eigenvalue weighted by atomic mass is 35.5. The first-order valence-electron chi connectivity index (χ1n) is 5.08. The molecule has 1 aromatic rings. The monoisotopic (exact) mass is 239 g/mol. The fraction of sp³-hybridized carbons (Fsp3) is 0.333. The molecule has 0 bridgehead atoms. The van der Waals surface area contributed by atoms with Crippen LogP contribution in [0.25, 0.3) is 0 Å². The second-order valence-corrected chi connectivity index (χ2v) is 3.83. The Morgan fingerprint density at radius 2 is 2.25 bits per heavy atom. The van der Waals surface area contributed by atoms with E-state index in [0.29, 0.717) is 23.8 Å². The summed E-state index contributed by atoms with van der Waals surface area (Å²) in [4.78, 5) is 11.1. The minimum atomic E-state index is -0.352. The zero-order valence-corrected chi connectivity index (χ0v) is 9.88. The molecule has 0 fully saturated rings. The Hall–Kier alpha value is -1.35. The molecule has 0 radical (unpaired) electrons. The number of benzene rings is 1. The summed E-state index contributed by atoms with van der Waals surface area (Å²) >= 11 is 5.82. The molecule has 1 rings (SSSR count). The third-order valence-corrected chi connectivity index (χ3v) is 2.20. The van der Waals surface area contributed by atoms with Crippen molar-refractivity contribution >= 4 is 23.3 Å². The standard InChI is InChI=1S/C12H14ClNO2/c1-2-16-12(15)8-11(14)7-9-4-3-5-10(13)6-9/h3-6,14H,2,7-8H2,1H3. The van der Waals surface area contributed by atoms with Crippen LogP contribution in [0, 0.1) is 5.41 Å². The van der Waals surface area contributed by atoms with Gasteiger partial charge in [-0.2, -0.15) is 0 Å². The highest BCUT2D eigenvalue weighted by molar-refractivity contribution is 6.30. The number of hydrogen-bond acceptors (Lipinski definition) is 3. The quantitative estimate of drug-likeness (QED) is 0.635. The zero-order valence-electron chi connectivity index (χ0n) is 9.13. The summed E-state index contributed by atoms with van der Waals surface area (Å²) in [6.45, 7) is 2.10. The average molecular weight is 240 g/mol. The lowest BCUT2D eigenvalue weighted by atomic mass is 10.1. The molecule has 0 aliphatic carbocycles. The Bertz CT molecular complexity index is 390. The molecule has 0 aliphatic heterocycles. The van der Waals surface area contributed by atoms with Crippen LogP contribution in [-0.4, -0.2) is 18.3 Å². The van der Waals surface area contributed by atoms with Gasteiger partial charge in [0.25, 0.3) is 0 Å². The lowest BCUT2D eigenvalue weighted by Gasteiger charge is -2.04. The van der Waals surface area contributed by atoms with Crippen molar-refractivity contribution in [2.24, 2.45) is 0 Å². The van der Waals surface area contributed by atoms with Crippen molar-refractivity contribution in [1.82, 2.24) is 0 Å². The van der Waals surface area contributed by atoms with Crippen molar-refractivity contribution in [3.05, 3.63) is 34.9 Å². The summed E-state index contributed by atoms with van der Waals surface area (Å²) in [5, 5.41) is 8.30. The van der Waals surface area contributed by atoms with Gasteiger partial charge in [0.05, 0.1) is 13.0 Å². The smallest absolute Gasteiger partial charge is 0.311 e. The molecule has 1 N–H and O–H groups in total. The summed E-state index contributed by atoms with van der Waals surface area (Å²) in [6, 6.07) is 7.28. The number of hydrogen-bond donors (Lipinski definition) is 1. The number of carbonyl (C=O) groups excluding carboxylic acids is 1. The third-order valence-electron chi connectivity index (χ3n) is 1.97. The van der Waals surface area contributed by atoms with E-state index < -0.39 is 0 Å². The Balaban J connectivity index is 2.48. The van der Waals surface area contributed by atoms with Crippen molar-refractivity contribution in [2.45, 2.75) is 19.8 Å². The Kier molecular flexibility index (Phi) is 4.99. The molecular formula is C12H14ClNO2. The topological polar surface area (TPSA) is 50.2 Å². The normalized spacial score (nSPS) is 9.88. The second-order valence-electron chi connectivity index (χ2n) is 3.39. The van der Waals surface area contributed by atoms with Gasteiger partial charge >= 0.3 is 5.97 Å². The van der Waals surface area contributed by atoms with Gasteiger partial charge in [-0.3, -0.25) is 4.79 Å². The molecule has 0 heterocycles. The third kappa shape index (κ3) is 4.45. The molecule has 0 aromatic heterocycles. The molecule has 0 atom stereocenters. The molecule has 0 amide bonds. The molecule has 0 saturated carbocycles. The Labute approximate surface area is 99.9 Å². The summed E-state index contributed by atoms with van der Waals surface area (Å²) < 4.78 is 4.77. The van der Waals surface area contributed by atoms with Crippen LogP contribution in [0.2, 0.25) is 5.02 Å². The minimum Gasteiger partial charge on any atom is -0.466 e. The molecule has 3 nitrogen and oxygen atoms in total. The first-order chi connectivity index (χ1) is 7.61. The molecule has 0 saturated heterocycles. The van der Waals surface area contributed by atoms with E-state index in [1.165, 1.54) is 0 Å². The van der Waals surface area contributed by atoms with Gasteiger partial charge in [-0.15, -0.1) is 0 Å². The van der Waals surface area contributed by atoms with Crippen LogP contribution in [0.4, 0.5) is 0 Å². The van der Waals surface area contributed by atoms with Gasteiger partial charge < -0.3 is 10.1 Å². The predicted molar refractivity (Wildman–Crippen MR) is 64.1 cm³/mol. The van der Waals surface area contributed by atoms with Gasteiger partial charge in [0.15, 0.2) is 0 Å². The fourth-order valence-electron chi connectivity index (χ4n) is 1.34. The van der Waals surface area contributed by atoms with E-state index in [0.717, 1.165) is 5.56 Å². The first-order valence-corrected chi connectivity index (χ1v) is 5.46. The van der Waals surface area contributed by atoms with Crippen LogP contribution in [0.3, 0.4) is 0 Å². The summed E-state index contributed by atoms with van der Waals surface area (Å²) in [7, 11) is 0. The highest BCUT2D eigenvalue weighted by Gasteiger charge is 2.07. The maximum atomic E-state index is 11.1. The zero-order chi connectivity index (χ0) is 12.0. The summed E-state index contributed by atoms with van der Waals surface area (Å²) in [5.74, 6) is -0.352. The van der Waals surface area contributed by atoms with Crippen LogP contribution >= 0.6 is 11.6 Å². The van der Waals surface area contributed by atoms with Crippen molar-refractivity contribution in [3.63, 3.8) is 0 Å². The Morgan fingerprint density at radius 1 is 1.50 bits per heavy atom. The van der Waals surface area contributed by atoms with Crippen LogP contribution in [-0.2, 0) is 16.0 Å². The number of rotatable bonds is 5. The van der Waals surface area contributed by atoms with E-state index in [9.17, 15) is 4.79 Å². The van der Waals surface area contributed by atoms with Gasteiger partial charge in [0.2, 0.25) is 0 Å². The van der Waals surface area contributed by atoms with Crippen molar-refractivity contribution in [3.8, 4) is 0 Å². The molecule has 4 heteroatoms. The second kappa shape index (κ2) is 6.28. The van der Waals surface area contributed by atoms with Crippen LogP contribution < -0.4 is 0 Å². The van der Waals surface area contributed by atoms with Crippen molar-refractivity contribution < 1.29 is 9.53 Å². The minimum absolute atomic E-state index is 0.0420. The largest absolute Gasteiger partial charge is 0.466 e. The highest BCUT2D eigenvalue weighted by Crippen LogP contribution is 2.12. The van der Waals surface area contributed by atoms with E-state index >= 15 is 0 Å². The SMILES string of the molecule is CCOC(=O)CC(=N)Cc1cccc(Cl)c1. The molecule has 16 heavy (non-hydrogen) atoms. The maximum absolute atomic E-state index is 11.1. The average Bonchev–Trinajstić information content (AvgIpc) is 2.17. The lowest BCUT2D eigenvalue weighted by Crippen LogP contribution is -2.12. The van der Waals surface area contributed by atoms with E-state index in [1.807, 2.05) is 12.1 Å². The number of ether oxygens (including phenoxy) is 1. The molecule has 0 unspecified atom stereocenters. The molecule has 86 valence electrons. The van der Waals surface area contributed by atoms with Gasteiger partial charge in [-0.1, -0.05) is 23.7 Å². The van der Waals surface area contributed by atoms with E-state index in [4.69, 9.17) is 21.7 Å². The first kappa shape index (κ1) is 12.7. The fourth-order valence-corrected chi connectivity index (χ4v) is 1.55. The van der Waals surface area contributed by atoms with E-state index in [1.54, 1.807) is 19.1 Å². The maximum Gasteiger partial charge on any atom is 0.311 e. The van der Waals surface area contributed by atoms with Crippen LogP contribution in [0.5, 0.6) is 0 Å². The van der Waals surface area contributed by atoms with Crippen LogP contribution in [0.1, 0.15) is 18.9 Å². The number of carbonyl (C=O) groups is 1. The number of halogens is 1. The van der Waals surface area contributed by atoms with Gasteiger partial charge in [-0.05, 0) is 24.6 Å². The predicted octanol–water partition coefficient (Wildman–Crippen LogP) is 2.86. The summed E-state index contributed by atoms with van der Waals surface area (Å²) in [6.07, 6.45) is 0.472. The van der Waals surface area contributed by atoms with Crippen molar-refractivity contribution in [2.75, 3.05) is 6.61 Å². The van der Waals surface area contributed by atoms with Gasteiger partial charge in [0, 0.05) is 17.2 Å². The molecular weight excluding hydrogens is 226 g/mol. The number of esters is 1. The molecule has 0 spiro atoms. The van der Waals surface area contributed by atoms with Crippen LogP contribution in [0.15, 0.2) is 24.3 Å². The van der Waals surface area contributed by atoms with E-state index in [-0.39, 0.29) is 12.4 Å². The van der Waals surface area contributed by atoms with Gasteiger partial charge in [0.1, 0.15) is 0 Å².